The van der Waals surface area contributed by atoms with Gasteiger partial charge in [-0.15, -0.1) is 5.10 Å². The summed E-state index contributed by atoms with van der Waals surface area (Å²) in [7, 11) is -1.19. The molecule has 1 heterocycles. The molecule has 1 aromatic heterocycles. The van der Waals surface area contributed by atoms with Crippen LogP contribution in [-0.4, -0.2) is 13.8 Å². The van der Waals surface area contributed by atoms with Gasteiger partial charge in [-0.3, -0.25) is 0 Å². The molecule has 0 spiro atoms. The monoisotopic (exact) mass is 274 g/mol. The molecule has 0 aliphatic rings. The van der Waals surface area contributed by atoms with Crippen LogP contribution in [0, 0.1) is 6.92 Å². The topological polar surface area (TPSA) is 42.9 Å². The first-order valence-electron chi connectivity index (χ1n) is 5.45. The van der Waals surface area contributed by atoms with Crippen molar-refractivity contribution in [1.29, 1.82) is 0 Å². The molecule has 0 radical (unpaired) electrons. The fourth-order valence-corrected chi connectivity index (χ4v) is 3.80. The molecule has 0 saturated carbocycles. The van der Waals surface area contributed by atoms with Crippen molar-refractivity contribution in [2.75, 3.05) is 0 Å². The van der Waals surface area contributed by atoms with Crippen molar-refractivity contribution in [3.8, 4) is 0 Å². The average molecular weight is 274 g/mol. The Hall–Kier alpha value is -1.59. The van der Waals surface area contributed by atoms with Gasteiger partial charge in [-0.25, -0.2) is 4.21 Å². The highest BCUT2D eigenvalue weighted by atomic mass is 32.2. The molecule has 1 unspecified atom stereocenters. The van der Waals surface area contributed by atoms with Crippen LogP contribution in [-0.2, 0) is 10.8 Å². The number of benzene rings is 2. The number of aromatic nitrogens is 2. The van der Waals surface area contributed by atoms with E-state index in [9.17, 15) is 4.21 Å². The summed E-state index contributed by atoms with van der Waals surface area (Å²) in [5, 5.41) is 6.15. The molecular formula is C13H10N2OS2. The van der Waals surface area contributed by atoms with Crippen LogP contribution in [0.2, 0.25) is 0 Å². The van der Waals surface area contributed by atoms with Crippen LogP contribution in [0.15, 0.2) is 51.6 Å². The predicted molar refractivity (Wildman–Crippen MR) is 73.3 cm³/mol. The first kappa shape index (κ1) is 11.5. The molecule has 3 rings (SSSR count). The third-order valence-corrected chi connectivity index (χ3v) is 5.33. The van der Waals surface area contributed by atoms with Gasteiger partial charge in [0.2, 0.25) is 0 Å². The molecule has 18 heavy (non-hydrogen) atoms. The summed E-state index contributed by atoms with van der Waals surface area (Å²) in [5.41, 5.74) is 0.742. The Morgan fingerprint density at radius 2 is 1.89 bits per heavy atom. The quantitative estimate of drug-likeness (QED) is 0.721. The fourth-order valence-electron chi connectivity index (χ4n) is 1.78. The van der Waals surface area contributed by atoms with Crippen LogP contribution in [0.5, 0.6) is 0 Å². The van der Waals surface area contributed by atoms with E-state index in [-0.39, 0.29) is 0 Å². The van der Waals surface area contributed by atoms with Crippen molar-refractivity contribution < 1.29 is 4.21 Å². The van der Waals surface area contributed by atoms with Crippen molar-refractivity contribution in [3.05, 3.63) is 48.2 Å². The summed E-state index contributed by atoms with van der Waals surface area (Å²) in [6.07, 6.45) is 0. The minimum absolute atomic E-state index is 0.727. The van der Waals surface area contributed by atoms with E-state index in [2.05, 4.69) is 9.59 Å². The predicted octanol–water partition coefficient (Wildman–Crippen LogP) is 3.17. The lowest BCUT2D eigenvalue weighted by molar-refractivity contribution is 0.684. The zero-order chi connectivity index (χ0) is 12.5. The first-order valence-corrected chi connectivity index (χ1v) is 7.37. The fraction of sp³-hybridized carbons (Fsp3) is 0.0769. The molecule has 0 bridgehead atoms. The van der Waals surface area contributed by atoms with Gasteiger partial charge in [-0.1, -0.05) is 34.8 Å². The van der Waals surface area contributed by atoms with Gasteiger partial charge in [0, 0.05) is 4.90 Å². The van der Waals surface area contributed by atoms with Crippen LogP contribution < -0.4 is 0 Å². The molecule has 90 valence electrons. The summed E-state index contributed by atoms with van der Waals surface area (Å²) < 4.78 is 17.0. The van der Waals surface area contributed by atoms with E-state index in [0.717, 1.165) is 25.6 Å². The van der Waals surface area contributed by atoms with Gasteiger partial charge >= 0.3 is 0 Å². The molecule has 0 aliphatic carbocycles. The van der Waals surface area contributed by atoms with Crippen LogP contribution in [0.1, 0.15) is 5.69 Å². The second-order valence-corrected chi connectivity index (χ2v) is 6.35. The van der Waals surface area contributed by atoms with Crippen molar-refractivity contribution in [2.45, 2.75) is 16.0 Å². The lowest BCUT2D eigenvalue weighted by Gasteiger charge is -2.02. The molecule has 0 saturated heterocycles. The highest BCUT2D eigenvalue weighted by Crippen LogP contribution is 2.24. The Balaban J connectivity index is 2.10. The summed E-state index contributed by atoms with van der Waals surface area (Å²) in [5.74, 6) is 0. The van der Waals surface area contributed by atoms with Crippen LogP contribution in [0.4, 0.5) is 0 Å². The SMILES string of the molecule is Cc1nnsc1S(=O)c1ccc2ccccc2c1. The van der Waals surface area contributed by atoms with E-state index >= 15 is 0 Å². The summed E-state index contributed by atoms with van der Waals surface area (Å²) >= 11 is 1.20. The summed E-state index contributed by atoms with van der Waals surface area (Å²) in [4.78, 5) is 0.794. The maximum absolute atomic E-state index is 12.4. The van der Waals surface area contributed by atoms with Crippen LogP contribution in [0.25, 0.3) is 10.8 Å². The zero-order valence-corrected chi connectivity index (χ0v) is 11.3. The van der Waals surface area contributed by atoms with Gasteiger partial charge in [0.15, 0.2) is 0 Å². The van der Waals surface area contributed by atoms with E-state index in [4.69, 9.17) is 0 Å². The number of fused-ring (bicyclic) bond motifs is 1. The minimum atomic E-state index is -1.19. The highest BCUT2D eigenvalue weighted by molar-refractivity contribution is 7.87. The smallest absolute Gasteiger partial charge is 0.140 e. The number of nitrogens with zero attached hydrogens (tertiary/aromatic N) is 2. The molecular weight excluding hydrogens is 264 g/mol. The Kier molecular flexibility index (Phi) is 2.93. The third kappa shape index (κ3) is 1.95. The van der Waals surface area contributed by atoms with Crippen LogP contribution >= 0.6 is 11.5 Å². The zero-order valence-electron chi connectivity index (χ0n) is 9.66. The van der Waals surface area contributed by atoms with Gasteiger partial charge in [0.25, 0.3) is 0 Å². The summed E-state index contributed by atoms with van der Waals surface area (Å²) in [6.45, 7) is 1.83. The van der Waals surface area contributed by atoms with Crippen LogP contribution in [0.3, 0.4) is 0 Å². The molecule has 1 atom stereocenters. The van der Waals surface area contributed by atoms with Gasteiger partial charge in [0.05, 0.1) is 16.5 Å². The molecule has 2 aromatic carbocycles. The van der Waals surface area contributed by atoms with Crippen molar-refractivity contribution >= 4 is 33.1 Å². The van der Waals surface area contributed by atoms with Crippen molar-refractivity contribution in [3.63, 3.8) is 0 Å². The van der Waals surface area contributed by atoms with Gasteiger partial charge < -0.3 is 0 Å². The Bertz CT molecular complexity index is 736. The van der Waals surface area contributed by atoms with Gasteiger partial charge in [-0.05, 0) is 41.4 Å². The number of hydrogen-bond acceptors (Lipinski definition) is 4. The van der Waals surface area contributed by atoms with Crippen molar-refractivity contribution in [1.82, 2.24) is 9.59 Å². The second kappa shape index (κ2) is 4.59. The van der Waals surface area contributed by atoms with E-state index in [1.807, 2.05) is 49.4 Å². The molecule has 5 heteroatoms. The van der Waals surface area contributed by atoms with Gasteiger partial charge in [-0.2, -0.15) is 0 Å². The normalized spacial score (nSPS) is 12.7. The average Bonchev–Trinajstić information content (AvgIpc) is 2.83. The van der Waals surface area contributed by atoms with E-state index in [1.165, 1.54) is 11.5 Å². The molecule has 0 aliphatic heterocycles. The summed E-state index contributed by atoms with van der Waals surface area (Å²) in [6, 6.07) is 13.9. The Morgan fingerprint density at radius 1 is 1.11 bits per heavy atom. The molecule has 0 N–H and O–H groups in total. The minimum Gasteiger partial charge on any atom is -0.248 e. The second-order valence-electron chi connectivity index (χ2n) is 3.92. The lowest BCUT2D eigenvalue weighted by atomic mass is 10.1. The Morgan fingerprint density at radius 3 is 2.61 bits per heavy atom. The Labute approximate surface area is 111 Å². The molecule has 3 aromatic rings. The molecule has 0 fully saturated rings. The lowest BCUT2D eigenvalue weighted by Crippen LogP contribution is -1.92. The van der Waals surface area contributed by atoms with Gasteiger partial charge in [0.1, 0.15) is 4.21 Å². The van der Waals surface area contributed by atoms with E-state index < -0.39 is 10.8 Å². The molecule has 3 nitrogen and oxygen atoms in total. The van der Waals surface area contributed by atoms with E-state index in [0.29, 0.717) is 0 Å². The standard InChI is InChI=1S/C13H10N2OS2/c1-9-13(17-15-14-9)18(16)12-7-6-10-4-2-3-5-11(10)8-12/h2-8H,1H3. The highest BCUT2D eigenvalue weighted by Gasteiger charge is 2.13. The molecule has 0 amide bonds. The number of aryl methyl sites for hydroxylation is 1. The maximum atomic E-state index is 12.4. The first-order chi connectivity index (χ1) is 8.75. The largest absolute Gasteiger partial charge is 0.248 e. The van der Waals surface area contributed by atoms with Crippen molar-refractivity contribution in [2.24, 2.45) is 0 Å². The van der Waals surface area contributed by atoms with E-state index in [1.54, 1.807) is 0 Å². The number of hydrogen-bond donors (Lipinski definition) is 0. The number of rotatable bonds is 2. The maximum Gasteiger partial charge on any atom is 0.140 e. The third-order valence-electron chi connectivity index (χ3n) is 2.71.